The molecule has 0 spiro atoms. The van der Waals surface area contributed by atoms with Crippen LogP contribution in [0.1, 0.15) is 16.4 Å². The molecule has 0 radical (unpaired) electrons. The second-order valence-electron chi connectivity index (χ2n) is 7.52. The van der Waals surface area contributed by atoms with E-state index in [0.29, 0.717) is 0 Å². The second-order valence-corrected chi connectivity index (χ2v) is 8.71. The minimum atomic E-state index is -0.764. The first-order valence-corrected chi connectivity index (χ1v) is 10.4. The highest BCUT2D eigenvalue weighted by atomic mass is 32.2. The van der Waals surface area contributed by atoms with Crippen LogP contribution in [0.3, 0.4) is 0 Å². The van der Waals surface area contributed by atoms with Crippen molar-refractivity contribution in [1.29, 1.82) is 0 Å². The van der Waals surface area contributed by atoms with Crippen LogP contribution in [0.2, 0.25) is 0 Å². The van der Waals surface area contributed by atoms with Gasteiger partial charge in [0.1, 0.15) is 11.1 Å². The molecule has 0 aromatic heterocycles. The van der Waals surface area contributed by atoms with Crippen LogP contribution in [0, 0.1) is 15.9 Å². The van der Waals surface area contributed by atoms with Crippen molar-refractivity contribution < 1.29 is 14.2 Å². The molecule has 1 aliphatic rings. The zero-order valence-corrected chi connectivity index (χ0v) is 17.0. The van der Waals surface area contributed by atoms with Gasteiger partial charge < -0.3 is 4.90 Å². The van der Waals surface area contributed by atoms with Crippen molar-refractivity contribution in [2.45, 2.75) is 17.3 Å². The van der Waals surface area contributed by atoms with Crippen LogP contribution in [0.4, 0.5) is 4.39 Å². The summed E-state index contributed by atoms with van der Waals surface area (Å²) in [7, 11) is 3.88. The third-order valence-electron chi connectivity index (χ3n) is 5.43. The Morgan fingerprint density at radius 1 is 1.00 bits per heavy atom. The maximum Gasteiger partial charge on any atom is 0.283 e. The van der Waals surface area contributed by atoms with Crippen molar-refractivity contribution in [3.8, 4) is 0 Å². The van der Waals surface area contributed by atoms with Crippen molar-refractivity contribution in [2.75, 3.05) is 14.1 Å². The molecule has 0 fully saturated rings. The van der Waals surface area contributed by atoms with Crippen LogP contribution >= 0.6 is 11.8 Å². The Kier molecular flexibility index (Phi) is 5.39. The van der Waals surface area contributed by atoms with Crippen LogP contribution in [0.25, 0.3) is 15.7 Å². The lowest BCUT2D eigenvalue weighted by Crippen LogP contribution is -3.11. The van der Waals surface area contributed by atoms with E-state index in [1.807, 2.05) is 62.6 Å². The number of nitrogens with one attached hydrogen (secondary N) is 1. The monoisotopic (exact) mass is 409 g/mol. The van der Waals surface area contributed by atoms with Crippen LogP contribution in [-0.2, 0) is 0 Å². The molecular weight excluding hydrogens is 387 g/mol. The van der Waals surface area contributed by atoms with Crippen molar-refractivity contribution in [1.82, 2.24) is 0 Å². The smallest absolute Gasteiger partial charge is 0.283 e. The van der Waals surface area contributed by atoms with Gasteiger partial charge in [0.25, 0.3) is 6.04 Å². The highest BCUT2D eigenvalue weighted by Gasteiger charge is 2.47. The van der Waals surface area contributed by atoms with E-state index in [0.717, 1.165) is 31.7 Å². The molecule has 1 heterocycles. The van der Waals surface area contributed by atoms with Crippen molar-refractivity contribution >= 4 is 27.4 Å². The minimum Gasteiger partial charge on any atom is -0.328 e. The number of thioether (sulfide) groups is 1. The zero-order valence-electron chi connectivity index (χ0n) is 16.2. The molecule has 0 amide bonds. The Bertz CT molecular complexity index is 1080. The van der Waals surface area contributed by atoms with Crippen LogP contribution in [0.5, 0.6) is 0 Å². The van der Waals surface area contributed by atoms with Crippen molar-refractivity contribution in [3.05, 3.63) is 99.9 Å². The Labute approximate surface area is 173 Å². The summed E-state index contributed by atoms with van der Waals surface area (Å²) in [4.78, 5) is 14.0. The van der Waals surface area contributed by atoms with Crippen LogP contribution < -0.4 is 4.90 Å². The number of benzene rings is 3. The highest BCUT2D eigenvalue weighted by molar-refractivity contribution is 8.08. The van der Waals surface area contributed by atoms with Gasteiger partial charge >= 0.3 is 0 Å². The van der Waals surface area contributed by atoms with E-state index in [9.17, 15) is 14.5 Å². The first-order chi connectivity index (χ1) is 14.0. The van der Waals surface area contributed by atoms with E-state index in [1.165, 1.54) is 23.9 Å². The topological polar surface area (TPSA) is 47.6 Å². The van der Waals surface area contributed by atoms with Gasteiger partial charge in [0.05, 0.1) is 14.1 Å². The van der Waals surface area contributed by atoms with E-state index in [4.69, 9.17) is 0 Å². The number of rotatable bonds is 4. The summed E-state index contributed by atoms with van der Waals surface area (Å²) < 4.78 is 13.4. The summed E-state index contributed by atoms with van der Waals surface area (Å²) in [5.41, 5.74) is 1.85. The predicted molar refractivity (Wildman–Crippen MR) is 116 cm³/mol. The predicted octanol–water partition coefficient (Wildman–Crippen LogP) is 3.97. The number of hydrogen-bond acceptors (Lipinski definition) is 3. The molecule has 4 nitrogen and oxygen atoms in total. The molecule has 3 atom stereocenters. The number of fused-ring (bicyclic) bond motifs is 1. The molecule has 0 aliphatic carbocycles. The maximum atomic E-state index is 13.4. The molecule has 1 N–H and O–H groups in total. The number of quaternary nitrogens is 1. The fraction of sp³-hybridized carbons (Fsp3) is 0.217. The lowest BCUT2D eigenvalue weighted by molar-refractivity contribution is -0.892. The Balaban J connectivity index is 1.88. The quantitative estimate of drug-likeness (QED) is 0.524. The van der Waals surface area contributed by atoms with Gasteiger partial charge in [-0.2, -0.15) is 0 Å². The molecule has 4 rings (SSSR count). The van der Waals surface area contributed by atoms with Gasteiger partial charge in [-0.3, -0.25) is 10.1 Å². The lowest BCUT2D eigenvalue weighted by Gasteiger charge is -2.33. The summed E-state index contributed by atoms with van der Waals surface area (Å²) in [5.74, 6) is -0.293. The summed E-state index contributed by atoms with van der Waals surface area (Å²) in [5, 5.41) is 13.9. The van der Waals surface area contributed by atoms with E-state index in [-0.39, 0.29) is 22.0 Å². The number of likely N-dealkylation sites (N-methyl/N-ethyl adjacent to an activating group) is 1. The molecule has 0 saturated heterocycles. The molecule has 148 valence electrons. The molecule has 0 saturated carbocycles. The molecular formula is C23H22FN2O2S+. The summed E-state index contributed by atoms with van der Waals surface area (Å²) >= 11 is 1.50. The fourth-order valence-corrected chi connectivity index (χ4v) is 5.48. The van der Waals surface area contributed by atoms with Crippen LogP contribution in [-0.4, -0.2) is 31.1 Å². The van der Waals surface area contributed by atoms with E-state index >= 15 is 0 Å². The van der Waals surface area contributed by atoms with Gasteiger partial charge in [0, 0.05) is 9.83 Å². The minimum absolute atomic E-state index is 0.144. The zero-order chi connectivity index (χ0) is 20.5. The SMILES string of the molecule is C[NH+](C)[C@@H]1C=C(c2ccc(F)cc2)S[C@@H](c2cccc3ccccc23)[C@@H]1[N+](=O)[O-]. The molecule has 0 bridgehead atoms. The normalized spacial score (nSPS) is 21.9. The molecule has 3 aromatic rings. The summed E-state index contributed by atoms with van der Waals surface area (Å²) in [6.07, 6.45) is 1.97. The summed E-state index contributed by atoms with van der Waals surface area (Å²) in [6.45, 7) is 0. The van der Waals surface area contributed by atoms with E-state index in [2.05, 4.69) is 0 Å². The van der Waals surface area contributed by atoms with Crippen LogP contribution in [0.15, 0.2) is 72.8 Å². The number of nitro groups is 1. The number of nitrogens with zero attached hydrogens (tertiary/aromatic N) is 1. The van der Waals surface area contributed by atoms with E-state index in [1.54, 1.807) is 12.1 Å². The molecule has 3 aromatic carbocycles. The largest absolute Gasteiger partial charge is 0.328 e. The molecule has 1 aliphatic heterocycles. The second kappa shape index (κ2) is 7.97. The average Bonchev–Trinajstić information content (AvgIpc) is 2.72. The molecule has 6 heteroatoms. The van der Waals surface area contributed by atoms with Gasteiger partial charge in [-0.05, 0) is 40.1 Å². The van der Waals surface area contributed by atoms with Gasteiger partial charge in [0.15, 0.2) is 6.04 Å². The van der Waals surface area contributed by atoms with Gasteiger partial charge in [-0.1, -0.05) is 54.6 Å². The lowest BCUT2D eigenvalue weighted by atomic mass is 9.93. The average molecular weight is 410 g/mol. The Morgan fingerprint density at radius 3 is 2.38 bits per heavy atom. The molecule has 0 unspecified atom stereocenters. The van der Waals surface area contributed by atoms with E-state index < -0.39 is 6.04 Å². The fourth-order valence-electron chi connectivity index (χ4n) is 3.97. The standard InChI is InChI=1S/C23H21FN2O2S/c1-25(2)20-14-21(16-10-12-17(24)13-11-16)29-23(22(20)26(27)28)19-9-5-7-15-6-3-4-8-18(15)19/h3-14,20,22-23H,1-2H3/p+1/t20-,22-,23+/m1/s1. The number of hydrogen-bond donors (Lipinski definition) is 1. The molecule has 29 heavy (non-hydrogen) atoms. The Morgan fingerprint density at radius 2 is 1.69 bits per heavy atom. The van der Waals surface area contributed by atoms with Gasteiger partial charge in [-0.15, -0.1) is 11.8 Å². The van der Waals surface area contributed by atoms with Gasteiger partial charge in [-0.25, -0.2) is 4.39 Å². The first-order valence-electron chi connectivity index (χ1n) is 9.51. The third-order valence-corrected chi connectivity index (χ3v) is 6.84. The van der Waals surface area contributed by atoms with Gasteiger partial charge in [0.2, 0.25) is 0 Å². The third kappa shape index (κ3) is 3.78. The Hall–Kier alpha value is -2.70. The summed E-state index contributed by atoms with van der Waals surface area (Å²) in [6, 6.07) is 19.2. The maximum absolute atomic E-state index is 13.4. The van der Waals surface area contributed by atoms with Crippen molar-refractivity contribution in [3.63, 3.8) is 0 Å². The first kappa shape index (κ1) is 19.6. The van der Waals surface area contributed by atoms with Crippen molar-refractivity contribution in [2.24, 2.45) is 0 Å². The number of halogens is 1. The highest BCUT2D eigenvalue weighted by Crippen LogP contribution is 2.48.